The quantitative estimate of drug-likeness (QED) is 0.656. The molecule has 0 N–H and O–H groups in total. The Morgan fingerprint density at radius 3 is 2.27 bits per heavy atom. The van der Waals surface area contributed by atoms with Gasteiger partial charge in [-0.2, -0.15) is 0 Å². The first-order valence-electron chi connectivity index (χ1n) is 10.3. The molecule has 0 atom stereocenters. The molecule has 2 aromatic rings. The number of amides is 1. The average Bonchev–Trinajstić information content (AvgIpc) is 3.27. The number of ether oxygens (including phenoxy) is 1. The lowest BCUT2D eigenvalue weighted by molar-refractivity contribution is 0.0613. The van der Waals surface area contributed by atoms with Gasteiger partial charge in [0, 0.05) is 24.7 Å². The van der Waals surface area contributed by atoms with Crippen molar-refractivity contribution in [2.24, 2.45) is 0 Å². The fourth-order valence-electron chi connectivity index (χ4n) is 4.03. The Morgan fingerprint density at radius 2 is 1.70 bits per heavy atom. The van der Waals surface area contributed by atoms with Gasteiger partial charge in [-0.05, 0) is 69.2 Å². The predicted octanol–water partition coefficient (Wildman–Crippen LogP) is 4.31. The summed E-state index contributed by atoms with van der Waals surface area (Å²) in [5, 5.41) is 0. The van der Waals surface area contributed by atoms with Crippen LogP contribution in [0.3, 0.4) is 0 Å². The molecular weight excluding hydrogens is 400 g/mol. The lowest BCUT2D eigenvalue weighted by Gasteiger charge is -2.33. The molecule has 0 aliphatic heterocycles. The predicted molar refractivity (Wildman–Crippen MR) is 119 cm³/mol. The smallest absolute Gasteiger partial charge is 0.264 e. The van der Waals surface area contributed by atoms with Crippen LogP contribution in [-0.2, 0) is 10.0 Å². The van der Waals surface area contributed by atoms with Crippen molar-refractivity contribution in [1.29, 1.82) is 0 Å². The largest absolute Gasteiger partial charge is 0.497 e. The highest BCUT2D eigenvalue weighted by Crippen LogP contribution is 2.28. The standard InChI is InChI=1S/C23H30N2O4S/c1-17(2)25(20-9-5-6-10-20)23(26)18-8-7-11-22(16-18)30(27,28)24(3)19-12-14-21(29-4)15-13-19/h7-8,11-17,20H,5-6,9-10H2,1-4H3. The average molecular weight is 431 g/mol. The van der Waals surface area contributed by atoms with Gasteiger partial charge < -0.3 is 9.64 Å². The van der Waals surface area contributed by atoms with E-state index in [2.05, 4.69) is 0 Å². The first-order valence-corrected chi connectivity index (χ1v) is 11.8. The molecule has 1 aliphatic rings. The fourth-order valence-corrected chi connectivity index (χ4v) is 5.27. The first-order chi connectivity index (χ1) is 14.3. The van der Waals surface area contributed by atoms with E-state index in [1.807, 2.05) is 18.7 Å². The van der Waals surface area contributed by atoms with Crippen LogP contribution in [0.2, 0.25) is 0 Å². The van der Waals surface area contributed by atoms with Gasteiger partial charge in [0.25, 0.3) is 15.9 Å². The molecule has 0 radical (unpaired) electrons. The molecule has 1 aliphatic carbocycles. The SMILES string of the molecule is COc1ccc(N(C)S(=O)(=O)c2cccc(C(=O)N(C(C)C)C3CCCC3)c2)cc1. The Bertz CT molecular complexity index is 981. The Morgan fingerprint density at radius 1 is 1.07 bits per heavy atom. The minimum atomic E-state index is -3.81. The summed E-state index contributed by atoms with van der Waals surface area (Å²) in [6.07, 6.45) is 4.26. The van der Waals surface area contributed by atoms with Crippen molar-refractivity contribution in [2.45, 2.75) is 56.5 Å². The highest BCUT2D eigenvalue weighted by Gasteiger charge is 2.30. The number of carbonyl (C=O) groups is 1. The number of benzene rings is 2. The number of sulfonamides is 1. The molecule has 0 bridgehead atoms. The zero-order chi connectivity index (χ0) is 21.9. The van der Waals surface area contributed by atoms with Gasteiger partial charge in [0.05, 0.1) is 17.7 Å². The number of methoxy groups -OCH3 is 1. The second kappa shape index (κ2) is 9.08. The molecule has 2 aromatic carbocycles. The van der Waals surface area contributed by atoms with E-state index in [9.17, 15) is 13.2 Å². The van der Waals surface area contributed by atoms with Crippen LogP contribution in [0.25, 0.3) is 0 Å². The molecule has 0 spiro atoms. The van der Waals surface area contributed by atoms with Crippen molar-refractivity contribution in [3.8, 4) is 5.75 Å². The molecule has 3 rings (SSSR count). The molecule has 1 fully saturated rings. The molecule has 30 heavy (non-hydrogen) atoms. The Kier molecular flexibility index (Phi) is 6.71. The molecular formula is C23H30N2O4S. The molecule has 0 aromatic heterocycles. The molecule has 6 nitrogen and oxygen atoms in total. The third-order valence-corrected chi connectivity index (χ3v) is 7.47. The zero-order valence-electron chi connectivity index (χ0n) is 18.0. The minimum Gasteiger partial charge on any atom is -0.497 e. The van der Waals surface area contributed by atoms with E-state index in [0.717, 1.165) is 25.7 Å². The van der Waals surface area contributed by atoms with Crippen LogP contribution in [0.4, 0.5) is 5.69 Å². The lowest BCUT2D eigenvalue weighted by atomic mass is 10.1. The summed E-state index contributed by atoms with van der Waals surface area (Å²) in [6, 6.07) is 13.4. The maximum atomic E-state index is 13.3. The van der Waals surface area contributed by atoms with Crippen molar-refractivity contribution in [1.82, 2.24) is 4.90 Å². The number of carbonyl (C=O) groups excluding carboxylic acids is 1. The van der Waals surface area contributed by atoms with E-state index in [4.69, 9.17) is 4.74 Å². The van der Waals surface area contributed by atoms with Gasteiger partial charge in [0.2, 0.25) is 0 Å². The molecule has 1 amide bonds. The number of rotatable bonds is 7. The van der Waals surface area contributed by atoms with E-state index in [1.165, 1.54) is 23.5 Å². The maximum absolute atomic E-state index is 13.3. The van der Waals surface area contributed by atoms with Crippen LogP contribution < -0.4 is 9.04 Å². The highest BCUT2D eigenvalue weighted by molar-refractivity contribution is 7.92. The van der Waals surface area contributed by atoms with Crippen molar-refractivity contribution in [3.63, 3.8) is 0 Å². The number of anilines is 1. The van der Waals surface area contributed by atoms with Crippen molar-refractivity contribution >= 4 is 21.6 Å². The fraction of sp³-hybridized carbons (Fsp3) is 0.435. The van der Waals surface area contributed by atoms with Crippen LogP contribution in [-0.4, -0.2) is 45.5 Å². The van der Waals surface area contributed by atoms with Gasteiger partial charge in [-0.1, -0.05) is 18.9 Å². The summed E-state index contributed by atoms with van der Waals surface area (Å²) >= 11 is 0. The van der Waals surface area contributed by atoms with Crippen molar-refractivity contribution < 1.29 is 17.9 Å². The Labute approximate surface area is 179 Å². The molecule has 162 valence electrons. The third-order valence-electron chi connectivity index (χ3n) is 5.68. The molecule has 1 saturated carbocycles. The van der Waals surface area contributed by atoms with Gasteiger partial charge in [-0.3, -0.25) is 9.10 Å². The zero-order valence-corrected chi connectivity index (χ0v) is 18.9. The monoisotopic (exact) mass is 430 g/mol. The second-order valence-electron chi connectivity index (χ2n) is 7.94. The highest BCUT2D eigenvalue weighted by atomic mass is 32.2. The second-order valence-corrected chi connectivity index (χ2v) is 9.91. The van der Waals surface area contributed by atoms with Gasteiger partial charge in [0.15, 0.2) is 0 Å². The third kappa shape index (κ3) is 4.46. The summed E-state index contributed by atoms with van der Waals surface area (Å²) in [4.78, 5) is 15.3. The van der Waals surface area contributed by atoms with Crippen LogP contribution in [0, 0.1) is 0 Å². The van der Waals surface area contributed by atoms with Crippen LogP contribution in [0.15, 0.2) is 53.4 Å². The number of hydrogen-bond donors (Lipinski definition) is 0. The van der Waals surface area contributed by atoms with Crippen LogP contribution in [0.5, 0.6) is 5.75 Å². The lowest BCUT2D eigenvalue weighted by Crippen LogP contribution is -2.43. The van der Waals surface area contributed by atoms with Crippen LogP contribution >= 0.6 is 0 Å². The normalized spacial score (nSPS) is 14.7. The summed E-state index contributed by atoms with van der Waals surface area (Å²) in [6.45, 7) is 4.02. The minimum absolute atomic E-state index is 0.0582. The van der Waals surface area contributed by atoms with E-state index in [1.54, 1.807) is 43.5 Å². The first kappa shape index (κ1) is 22.2. The van der Waals surface area contributed by atoms with E-state index in [0.29, 0.717) is 17.0 Å². The molecule has 0 unspecified atom stereocenters. The molecule has 7 heteroatoms. The van der Waals surface area contributed by atoms with Gasteiger partial charge in [-0.15, -0.1) is 0 Å². The van der Waals surface area contributed by atoms with E-state index in [-0.39, 0.29) is 22.9 Å². The van der Waals surface area contributed by atoms with Gasteiger partial charge in [0.1, 0.15) is 5.75 Å². The van der Waals surface area contributed by atoms with Crippen LogP contribution in [0.1, 0.15) is 49.9 Å². The summed E-state index contributed by atoms with van der Waals surface area (Å²) in [7, 11) is -0.747. The molecule has 0 heterocycles. The van der Waals surface area contributed by atoms with Crippen molar-refractivity contribution in [3.05, 3.63) is 54.1 Å². The Hall–Kier alpha value is -2.54. The van der Waals surface area contributed by atoms with E-state index >= 15 is 0 Å². The summed E-state index contributed by atoms with van der Waals surface area (Å²) < 4.78 is 32.7. The summed E-state index contributed by atoms with van der Waals surface area (Å²) in [5.41, 5.74) is 0.919. The van der Waals surface area contributed by atoms with E-state index < -0.39 is 10.0 Å². The van der Waals surface area contributed by atoms with Crippen molar-refractivity contribution in [2.75, 3.05) is 18.5 Å². The topological polar surface area (TPSA) is 66.9 Å². The van der Waals surface area contributed by atoms with Gasteiger partial charge >= 0.3 is 0 Å². The van der Waals surface area contributed by atoms with Gasteiger partial charge in [-0.25, -0.2) is 8.42 Å². The number of hydrogen-bond acceptors (Lipinski definition) is 4. The molecule has 0 saturated heterocycles. The summed E-state index contributed by atoms with van der Waals surface area (Å²) in [5.74, 6) is 0.541. The number of nitrogens with zero attached hydrogens (tertiary/aromatic N) is 2. The maximum Gasteiger partial charge on any atom is 0.264 e. The Balaban J connectivity index is 1.89.